The summed E-state index contributed by atoms with van der Waals surface area (Å²) in [5.74, 6) is -0.459. The van der Waals surface area contributed by atoms with Crippen molar-refractivity contribution in [1.82, 2.24) is 9.55 Å². The van der Waals surface area contributed by atoms with Gasteiger partial charge in [-0.3, -0.25) is 9.29 Å². The Morgan fingerprint density at radius 2 is 1.68 bits per heavy atom. The average molecular weight is 399 g/mol. The van der Waals surface area contributed by atoms with Gasteiger partial charge in [0.15, 0.2) is 11.5 Å². The molecule has 0 atom stereocenters. The normalized spacial score (nSPS) is 11.2. The average Bonchev–Trinajstić information content (AvgIpc) is 2.98. The lowest BCUT2D eigenvalue weighted by Gasteiger charge is -2.11. The predicted octanol–water partition coefficient (Wildman–Crippen LogP) is 3.30. The summed E-state index contributed by atoms with van der Waals surface area (Å²) in [5.41, 5.74) is 1.36. The van der Waals surface area contributed by atoms with Gasteiger partial charge in [-0.1, -0.05) is 48.5 Å². The number of nitrogens with zero attached hydrogens (tertiary/aromatic N) is 2. The maximum atomic E-state index is 12.6. The van der Waals surface area contributed by atoms with Crippen LogP contribution in [0.25, 0.3) is 5.69 Å². The third kappa shape index (κ3) is 4.40. The van der Waals surface area contributed by atoms with Crippen LogP contribution in [0.5, 0.6) is 0 Å². The smallest absolute Gasteiger partial charge is 0.359 e. The minimum Gasteiger partial charge on any atom is -0.461 e. The molecular formula is C20H21N3O4S. The lowest BCUT2D eigenvalue weighted by molar-refractivity contribution is 0.0518. The zero-order valence-electron chi connectivity index (χ0n) is 15.6. The number of aromatic nitrogens is 2. The number of carbonyl (C=O) groups excluding carboxylic acids is 1. The Kier molecular flexibility index (Phi) is 5.79. The molecule has 0 aliphatic carbocycles. The van der Waals surface area contributed by atoms with E-state index in [0.717, 1.165) is 0 Å². The fraction of sp³-hybridized carbons (Fsp3) is 0.200. The molecule has 1 N–H and O–H groups in total. The monoisotopic (exact) mass is 399 g/mol. The molecule has 0 bridgehead atoms. The van der Waals surface area contributed by atoms with Crippen LogP contribution in [-0.2, 0) is 20.5 Å². The number of benzene rings is 2. The number of carbonyl (C=O) groups is 1. The molecule has 0 saturated carbocycles. The molecule has 0 aliphatic heterocycles. The number of anilines is 1. The molecule has 8 heteroatoms. The largest absolute Gasteiger partial charge is 0.461 e. The Bertz CT molecular complexity index is 1060. The first-order valence-corrected chi connectivity index (χ1v) is 10.4. The minimum absolute atomic E-state index is 0.0437. The second-order valence-electron chi connectivity index (χ2n) is 6.09. The topological polar surface area (TPSA) is 90.3 Å². The zero-order chi connectivity index (χ0) is 20.1. The molecule has 1 heterocycles. The first-order valence-electron chi connectivity index (χ1n) is 8.77. The van der Waals surface area contributed by atoms with Crippen molar-refractivity contribution in [3.05, 3.63) is 77.7 Å². The molecule has 0 amide bonds. The molecule has 3 rings (SSSR count). The summed E-state index contributed by atoms with van der Waals surface area (Å²) in [5, 5.41) is 0. The van der Waals surface area contributed by atoms with Crippen molar-refractivity contribution < 1.29 is 17.9 Å². The summed E-state index contributed by atoms with van der Waals surface area (Å²) < 4.78 is 34.5. The summed E-state index contributed by atoms with van der Waals surface area (Å²) in [6.45, 7) is 3.55. The minimum atomic E-state index is -3.78. The van der Waals surface area contributed by atoms with E-state index in [-0.39, 0.29) is 23.9 Å². The third-order valence-corrected chi connectivity index (χ3v) is 5.20. The Balaban J connectivity index is 2.02. The van der Waals surface area contributed by atoms with Crippen molar-refractivity contribution in [2.45, 2.75) is 19.6 Å². The SMILES string of the molecule is CCOC(=O)c1c(NS(=O)(=O)Cc2ccccc2)nc(C)n1-c1ccccc1. The van der Waals surface area contributed by atoms with Gasteiger partial charge < -0.3 is 4.74 Å². The Morgan fingerprint density at radius 3 is 2.29 bits per heavy atom. The molecule has 0 aliphatic rings. The second kappa shape index (κ2) is 8.26. The number of esters is 1. The maximum Gasteiger partial charge on any atom is 0.359 e. The molecule has 2 aromatic carbocycles. The van der Waals surface area contributed by atoms with Crippen LogP contribution in [0.3, 0.4) is 0 Å². The fourth-order valence-corrected chi connectivity index (χ4v) is 4.00. The van der Waals surface area contributed by atoms with Gasteiger partial charge in [-0.15, -0.1) is 0 Å². The number of para-hydroxylation sites is 1. The third-order valence-electron chi connectivity index (χ3n) is 3.98. The van der Waals surface area contributed by atoms with Crippen LogP contribution in [0.4, 0.5) is 5.82 Å². The van der Waals surface area contributed by atoms with Crippen molar-refractivity contribution >= 4 is 21.8 Å². The van der Waals surface area contributed by atoms with E-state index in [2.05, 4.69) is 9.71 Å². The summed E-state index contributed by atoms with van der Waals surface area (Å²) in [4.78, 5) is 16.9. The van der Waals surface area contributed by atoms with E-state index in [1.807, 2.05) is 24.3 Å². The maximum absolute atomic E-state index is 12.6. The van der Waals surface area contributed by atoms with Crippen LogP contribution in [0.2, 0.25) is 0 Å². The number of hydrogen-bond acceptors (Lipinski definition) is 5. The quantitative estimate of drug-likeness (QED) is 0.616. The van der Waals surface area contributed by atoms with Crippen molar-refractivity contribution in [1.29, 1.82) is 0 Å². The number of rotatable bonds is 7. The molecule has 146 valence electrons. The number of nitrogens with one attached hydrogen (secondary N) is 1. The molecule has 0 spiro atoms. The second-order valence-corrected chi connectivity index (χ2v) is 7.82. The molecule has 3 aromatic rings. The van der Waals surface area contributed by atoms with Crippen molar-refractivity contribution in [2.24, 2.45) is 0 Å². The predicted molar refractivity (Wildman–Crippen MR) is 107 cm³/mol. The molecule has 1 aromatic heterocycles. The van der Waals surface area contributed by atoms with E-state index in [9.17, 15) is 13.2 Å². The Hall–Kier alpha value is -3.13. The number of sulfonamides is 1. The molecule has 0 fully saturated rings. The number of hydrogen-bond donors (Lipinski definition) is 1. The zero-order valence-corrected chi connectivity index (χ0v) is 16.4. The summed E-state index contributed by atoms with van der Waals surface area (Å²) in [6.07, 6.45) is 0. The van der Waals surface area contributed by atoms with Crippen molar-refractivity contribution in [3.8, 4) is 5.69 Å². The van der Waals surface area contributed by atoms with Gasteiger partial charge >= 0.3 is 5.97 Å². The Labute approximate surface area is 164 Å². The lowest BCUT2D eigenvalue weighted by atomic mass is 10.2. The molecule has 7 nitrogen and oxygen atoms in total. The van der Waals surface area contributed by atoms with E-state index >= 15 is 0 Å². The van der Waals surface area contributed by atoms with Crippen molar-refractivity contribution in [2.75, 3.05) is 11.3 Å². The molecule has 28 heavy (non-hydrogen) atoms. The Morgan fingerprint density at radius 1 is 1.07 bits per heavy atom. The van der Waals surface area contributed by atoms with Gasteiger partial charge in [-0.05, 0) is 31.5 Å². The van der Waals surface area contributed by atoms with Crippen LogP contribution < -0.4 is 4.72 Å². The molecular weight excluding hydrogens is 378 g/mol. The molecule has 0 saturated heterocycles. The van der Waals surface area contributed by atoms with Crippen LogP contribution in [-0.4, -0.2) is 30.5 Å². The number of ether oxygens (including phenoxy) is 1. The van der Waals surface area contributed by atoms with Crippen LogP contribution in [0.1, 0.15) is 28.8 Å². The van der Waals surface area contributed by atoms with E-state index in [1.54, 1.807) is 54.8 Å². The summed E-state index contributed by atoms with van der Waals surface area (Å²) >= 11 is 0. The van der Waals surface area contributed by atoms with Gasteiger partial charge in [-0.25, -0.2) is 18.2 Å². The van der Waals surface area contributed by atoms with E-state index in [4.69, 9.17) is 4.74 Å². The van der Waals surface area contributed by atoms with Gasteiger partial charge in [0, 0.05) is 5.69 Å². The first kappa shape index (κ1) is 19.6. The van der Waals surface area contributed by atoms with Gasteiger partial charge in [0.1, 0.15) is 5.82 Å². The van der Waals surface area contributed by atoms with Gasteiger partial charge in [-0.2, -0.15) is 0 Å². The highest BCUT2D eigenvalue weighted by Crippen LogP contribution is 2.24. The summed E-state index contributed by atoms with van der Waals surface area (Å²) in [7, 11) is -3.78. The highest BCUT2D eigenvalue weighted by atomic mass is 32.2. The van der Waals surface area contributed by atoms with Gasteiger partial charge in [0.2, 0.25) is 10.0 Å². The first-order chi connectivity index (χ1) is 13.4. The highest BCUT2D eigenvalue weighted by molar-refractivity contribution is 7.91. The highest BCUT2D eigenvalue weighted by Gasteiger charge is 2.26. The fourth-order valence-electron chi connectivity index (χ4n) is 2.86. The van der Waals surface area contributed by atoms with E-state index in [0.29, 0.717) is 17.1 Å². The molecule has 0 unspecified atom stereocenters. The lowest BCUT2D eigenvalue weighted by Crippen LogP contribution is -2.19. The van der Waals surface area contributed by atoms with E-state index < -0.39 is 16.0 Å². The molecule has 0 radical (unpaired) electrons. The van der Waals surface area contributed by atoms with Crippen LogP contribution in [0.15, 0.2) is 60.7 Å². The number of aryl methyl sites for hydroxylation is 1. The summed E-state index contributed by atoms with van der Waals surface area (Å²) in [6, 6.07) is 17.9. The number of imidazole rings is 1. The van der Waals surface area contributed by atoms with Crippen LogP contribution >= 0.6 is 0 Å². The van der Waals surface area contributed by atoms with Gasteiger partial charge in [0.05, 0.1) is 12.4 Å². The van der Waals surface area contributed by atoms with E-state index in [1.165, 1.54) is 0 Å². The standard InChI is InChI=1S/C20H21N3O4S/c1-3-27-20(24)18-19(21-15(2)23(18)17-12-8-5-9-13-17)22-28(25,26)14-16-10-6-4-7-11-16/h4-13,22H,3,14H2,1-2H3. The van der Waals surface area contributed by atoms with Crippen LogP contribution in [0, 0.1) is 6.92 Å². The van der Waals surface area contributed by atoms with Gasteiger partial charge in [0.25, 0.3) is 0 Å². The van der Waals surface area contributed by atoms with Crippen molar-refractivity contribution in [3.63, 3.8) is 0 Å².